The molecule has 2 aromatic carbocycles. The van der Waals surface area contributed by atoms with E-state index in [1.807, 2.05) is 26.8 Å². The van der Waals surface area contributed by atoms with Crippen molar-refractivity contribution in [3.05, 3.63) is 82.6 Å². The Labute approximate surface area is 242 Å². The van der Waals surface area contributed by atoms with E-state index in [1.54, 1.807) is 47.5 Å². The summed E-state index contributed by atoms with van der Waals surface area (Å²) in [5.41, 5.74) is 1.73. The van der Waals surface area contributed by atoms with E-state index in [9.17, 15) is 24.5 Å². The third-order valence-electron chi connectivity index (χ3n) is 7.39. The minimum atomic E-state index is -0.649. The molecule has 5 rings (SSSR count). The maximum absolute atomic E-state index is 13.0. The van der Waals surface area contributed by atoms with Gasteiger partial charge in [0.25, 0.3) is 5.91 Å². The molecule has 1 unspecified atom stereocenters. The van der Waals surface area contributed by atoms with Crippen LogP contribution in [-0.4, -0.2) is 62.7 Å². The van der Waals surface area contributed by atoms with Crippen LogP contribution in [0, 0.1) is 10.1 Å². The topological polar surface area (TPSA) is 149 Å². The minimum absolute atomic E-state index is 0.236. The van der Waals surface area contributed by atoms with E-state index in [0.717, 1.165) is 11.6 Å². The van der Waals surface area contributed by atoms with Crippen molar-refractivity contribution in [1.29, 1.82) is 0 Å². The molecule has 2 N–H and O–H groups in total. The molecule has 12 heteroatoms. The Kier molecular flexibility index (Phi) is 7.31. The van der Waals surface area contributed by atoms with Crippen molar-refractivity contribution in [2.24, 2.45) is 0 Å². The van der Waals surface area contributed by atoms with E-state index in [-0.39, 0.29) is 23.2 Å². The molecule has 42 heavy (non-hydrogen) atoms. The van der Waals surface area contributed by atoms with Crippen molar-refractivity contribution in [3.8, 4) is 16.8 Å². The van der Waals surface area contributed by atoms with E-state index in [2.05, 4.69) is 22.3 Å². The number of benzene rings is 2. The Balaban J connectivity index is 1.54. The van der Waals surface area contributed by atoms with Crippen LogP contribution in [0.2, 0.25) is 0 Å². The zero-order valence-electron chi connectivity index (χ0n) is 23.7. The van der Waals surface area contributed by atoms with Crippen LogP contribution in [0.4, 0.5) is 16.3 Å². The lowest BCUT2D eigenvalue weighted by molar-refractivity contribution is -0.389. The number of likely N-dealkylation sites (tertiary alicyclic amines) is 1. The number of ether oxygens (including phenoxy) is 1. The third kappa shape index (κ3) is 5.60. The Morgan fingerprint density at radius 2 is 2.00 bits per heavy atom. The van der Waals surface area contributed by atoms with Crippen LogP contribution in [0.15, 0.2) is 61.3 Å². The van der Waals surface area contributed by atoms with Crippen molar-refractivity contribution in [1.82, 2.24) is 20.0 Å². The molecule has 3 heterocycles. The van der Waals surface area contributed by atoms with Gasteiger partial charge in [-0.2, -0.15) is 0 Å². The van der Waals surface area contributed by atoms with Gasteiger partial charge in [0.1, 0.15) is 11.2 Å². The summed E-state index contributed by atoms with van der Waals surface area (Å²) < 4.78 is 7.00. The first-order valence-electron chi connectivity index (χ1n) is 13.6. The van der Waals surface area contributed by atoms with E-state index in [4.69, 9.17) is 4.74 Å². The molecule has 12 nitrogen and oxygen atoms in total. The Morgan fingerprint density at radius 3 is 2.71 bits per heavy atom. The largest absolute Gasteiger partial charge is 0.444 e. The zero-order valence-corrected chi connectivity index (χ0v) is 23.7. The SMILES string of the molecule is C=CC(=O)Nc1cccc(-n2cc(-c3ccc4c(c3)C3(CCCN(C(=O)OC(C)(C)C)C3)CNC4=O)c([N+](=O)[O-])n2)c1. The molecule has 1 saturated heterocycles. The number of amides is 3. The first-order chi connectivity index (χ1) is 19.9. The lowest BCUT2D eigenvalue weighted by atomic mass is 9.70. The molecule has 3 amide bonds. The zero-order chi connectivity index (χ0) is 30.2. The molecule has 1 atom stereocenters. The van der Waals surface area contributed by atoms with Crippen molar-refractivity contribution in [2.75, 3.05) is 25.0 Å². The molecule has 1 aromatic heterocycles. The molecule has 0 saturated carbocycles. The summed E-state index contributed by atoms with van der Waals surface area (Å²) in [7, 11) is 0. The molecule has 0 radical (unpaired) electrons. The van der Waals surface area contributed by atoms with Crippen LogP contribution in [-0.2, 0) is 14.9 Å². The maximum Gasteiger partial charge on any atom is 0.410 e. The lowest BCUT2D eigenvalue weighted by Crippen LogP contribution is -2.57. The molecule has 3 aromatic rings. The second-order valence-corrected chi connectivity index (χ2v) is 11.5. The van der Waals surface area contributed by atoms with Gasteiger partial charge >= 0.3 is 11.9 Å². The van der Waals surface area contributed by atoms with Gasteiger partial charge < -0.3 is 30.4 Å². The summed E-state index contributed by atoms with van der Waals surface area (Å²) in [6.45, 7) is 10.1. The average molecular weight is 573 g/mol. The van der Waals surface area contributed by atoms with Gasteiger partial charge in [0.2, 0.25) is 5.91 Å². The number of anilines is 1. The van der Waals surface area contributed by atoms with Crippen molar-refractivity contribution < 1.29 is 24.0 Å². The first-order valence-corrected chi connectivity index (χ1v) is 13.6. The van der Waals surface area contributed by atoms with Crippen molar-refractivity contribution >= 4 is 29.4 Å². The third-order valence-corrected chi connectivity index (χ3v) is 7.39. The van der Waals surface area contributed by atoms with Crippen molar-refractivity contribution in [2.45, 2.75) is 44.6 Å². The highest BCUT2D eigenvalue weighted by Gasteiger charge is 2.44. The number of nitro groups is 1. The molecule has 0 aliphatic carbocycles. The number of carbonyl (C=O) groups is 3. The maximum atomic E-state index is 13.0. The smallest absolute Gasteiger partial charge is 0.410 e. The lowest BCUT2D eigenvalue weighted by Gasteiger charge is -2.46. The van der Waals surface area contributed by atoms with Crippen molar-refractivity contribution in [3.63, 3.8) is 0 Å². The number of piperidine rings is 1. The second kappa shape index (κ2) is 10.8. The van der Waals surface area contributed by atoms with Crippen LogP contribution >= 0.6 is 0 Å². The van der Waals surface area contributed by atoms with Gasteiger partial charge in [-0.1, -0.05) is 18.7 Å². The standard InChI is InChI=1S/C30H32N6O6/c1-5-25(37)32-20-8-6-9-21(15-20)35-16-23(26(33-35)36(40)41)19-10-11-22-24(14-19)30(17-31-27(22)38)12-7-13-34(18-30)28(39)42-29(2,3)4/h5-6,8-11,14-16H,1,7,12-13,17-18H2,2-4H3,(H,31,38)(H,32,37). The number of rotatable bonds is 5. The molecule has 2 aliphatic rings. The van der Waals surface area contributed by atoms with Crippen LogP contribution in [0.5, 0.6) is 0 Å². The van der Waals surface area contributed by atoms with Gasteiger partial charge in [0.05, 0.1) is 17.0 Å². The fourth-order valence-electron chi connectivity index (χ4n) is 5.52. The van der Waals surface area contributed by atoms with Gasteiger partial charge in [-0.05, 0) is 86.1 Å². The second-order valence-electron chi connectivity index (χ2n) is 11.5. The van der Waals surface area contributed by atoms with Crippen LogP contribution < -0.4 is 10.6 Å². The molecule has 218 valence electrons. The summed E-state index contributed by atoms with van der Waals surface area (Å²) >= 11 is 0. The number of fused-ring (bicyclic) bond motifs is 2. The van der Waals surface area contributed by atoms with Gasteiger partial charge in [0.15, 0.2) is 0 Å². The number of aromatic nitrogens is 2. The number of hydrogen-bond acceptors (Lipinski definition) is 7. The minimum Gasteiger partial charge on any atom is -0.444 e. The van der Waals surface area contributed by atoms with Crippen LogP contribution in [0.1, 0.15) is 49.5 Å². The van der Waals surface area contributed by atoms with E-state index < -0.39 is 22.0 Å². The highest BCUT2D eigenvalue weighted by molar-refractivity contribution is 5.99. The quantitative estimate of drug-likeness (QED) is 0.258. The Morgan fingerprint density at radius 1 is 1.21 bits per heavy atom. The van der Waals surface area contributed by atoms with Gasteiger partial charge in [0, 0.05) is 36.3 Å². The van der Waals surface area contributed by atoms with Gasteiger partial charge in [-0.3, -0.25) is 9.59 Å². The molecular weight excluding hydrogens is 540 g/mol. The van der Waals surface area contributed by atoms with E-state index in [0.29, 0.717) is 55.0 Å². The van der Waals surface area contributed by atoms with E-state index >= 15 is 0 Å². The molecule has 2 aliphatic heterocycles. The number of carbonyl (C=O) groups excluding carboxylic acids is 3. The monoisotopic (exact) mass is 572 g/mol. The number of hydrogen-bond donors (Lipinski definition) is 2. The highest BCUT2D eigenvalue weighted by Crippen LogP contribution is 2.41. The highest BCUT2D eigenvalue weighted by atomic mass is 16.6. The van der Waals surface area contributed by atoms with Gasteiger partial charge in [-0.25, -0.2) is 4.79 Å². The molecule has 1 spiro atoms. The molecular formula is C30H32N6O6. The van der Waals surface area contributed by atoms with E-state index in [1.165, 1.54) is 4.68 Å². The molecule has 1 fully saturated rings. The number of nitrogens with one attached hydrogen (secondary N) is 2. The summed E-state index contributed by atoms with van der Waals surface area (Å²) in [6.07, 6.45) is 3.70. The first kappa shape index (κ1) is 28.5. The summed E-state index contributed by atoms with van der Waals surface area (Å²) in [6, 6.07) is 11.9. The predicted molar refractivity (Wildman–Crippen MR) is 156 cm³/mol. The fraction of sp³-hybridized carbons (Fsp3) is 0.333. The van der Waals surface area contributed by atoms with Crippen LogP contribution in [0.3, 0.4) is 0 Å². The predicted octanol–water partition coefficient (Wildman–Crippen LogP) is 4.58. The summed E-state index contributed by atoms with van der Waals surface area (Å²) in [5.74, 6) is -0.983. The van der Waals surface area contributed by atoms with Crippen LogP contribution in [0.25, 0.3) is 16.8 Å². The van der Waals surface area contributed by atoms with Gasteiger partial charge in [-0.15, -0.1) is 4.68 Å². The summed E-state index contributed by atoms with van der Waals surface area (Å²) in [5, 5.41) is 22.0. The fourth-order valence-corrected chi connectivity index (χ4v) is 5.52. The average Bonchev–Trinajstić information content (AvgIpc) is 3.41. The normalized spacial score (nSPS) is 18.2. The number of nitrogens with zero attached hydrogens (tertiary/aromatic N) is 4. The molecule has 0 bridgehead atoms. The summed E-state index contributed by atoms with van der Waals surface area (Å²) in [4.78, 5) is 50.8. The Hall–Kier alpha value is -5.00. The Bertz CT molecular complexity index is 1610.